The number of hydrogen-bond donors (Lipinski definition) is 1. The molecule has 0 fully saturated rings. The van der Waals surface area contributed by atoms with E-state index in [1.165, 1.54) is 0 Å². The Morgan fingerprint density at radius 2 is 2.50 bits per heavy atom. The van der Waals surface area contributed by atoms with E-state index in [1.807, 2.05) is 7.05 Å². The minimum atomic E-state index is 0. The molecule has 8 heavy (non-hydrogen) atoms. The Hall–Kier alpha value is -0.280. The minimum absolute atomic E-state index is 0. The van der Waals surface area contributed by atoms with Crippen LogP contribution in [0.1, 0.15) is 0 Å². The largest absolute Gasteiger partial charge is 0.379 e. The lowest BCUT2D eigenvalue weighted by Gasteiger charge is -1.84. The van der Waals surface area contributed by atoms with Crippen LogP contribution < -0.4 is 5.32 Å². The number of halogens is 1. The first-order valence-corrected chi connectivity index (χ1v) is 2.87. The van der Waals surface area contributed by atoms with Crippen LogP contribution in [-0.2, 0) is 0 Å². The lowest BCUT2D eigenvalue weighted by molar-refractivity contribution is 1.41. The minimum Gasteiger partial charge on any atom is -0.379 e. The third-order valence-corrected chi connectivity index (χ3v) is 1.47. The highest BCUT2D eigenvalue weighted by Crippen LogP contribution is 2.09. The van der Waals surface area contributed by atoms with Gasteiger partial charge in [0.1, 0.15) is 5.00 Å². The van der Waals surface area contributed by atoms with Gasteiger partial charge in [-0.05, 0) is 0 Å². The lowest BCUT2D eigenvalue weighted by Crippen LogP contribution is -1.80. The number of nitrogens with zero attached hydrogens (tertiary/aromatic N) is 1. The van der Waals surface area contributed by atoms with Gasteiger partial charge in [0, 0.05) is 7.05 Å². The topological polar surface area (TPSA) is 24.9 Å². The van der Waals surface area contributed by atoms with Crippen molar-refractivity contribution in [3.63, 3.8) is 0 Å². The Bertz CT molecular complexity index is 129. The molecule has 46 valence electrons. The average Bonchev–Trinajstić information content (AvgIpc) is 2.14. The highest BCUT2D eigenvalue weighted by Gasteiger charge is 1.82. The van der Waals surface area contributed by atoms with Crippen LogP contribution in [0.5, 0.6) is 0 Å². The fourth-order valence-corrected chi connectivity index (χ4v) is 0.814. The maximum Gasteiger partial charge on any atom is 0.108 e. The van der Waals surface area contributed by atoms with E-state index < -0.39 is 0 Å². The van der Waals surface area contributed by atoms with Gasteiger partial charge in [0.15, 0.2) is 0 Å². The van der Waals surface area contributed by atoms with Crippen LogP contribution in [0.25, 0.3) is 0 Å². The number of nitrogens with one attached hydrogen (secondary N) is 1. The number of aromatic nitrogens is 1. The van der Waals surface area contributed by atoms with Crippen molar-refractivity contribution in [3.8, 4) is 0 Å². The summed E-state index contributed by atoms with van der Waals surface area (Å²) in [6, 6.07) is 0. The van der Waals surface area contributed by atoms with Crippen molar-refractivity contribution in [3.05, 3.63) is 11.7 Å². The summed E-state index contributed by atoms with van der Waals surface area (Å²) in [6.07, 6.45) is 1.80. The molecule has 0 unspecified atom stereocenters. The van der Waals surface area contributed by atoms with Gasteiger partial charge in [-0.15, -0.1) is 23.7 Å². The number of rotatable bonds is 1. The molecule has 1 N–H and O–H groups in total. The fourth-order valence-electron chi connectivity index (χ4n) is 0.339. The molecule has 1 aromatic heterocycles. The van der Waals surface area contributed by atoms with Gasteiger partial charge in [-0.1, -0.05) is 0 Å². The summed E-state index contributed by atoms with van der Waals surface area (Å²) < 4.78 is 0. The molecule has 0 amide bonds. The average molecular weight is 151 g/mol. The lowest BCUT2D eigenvalue weighted by atomic mass is 10.8. The quantitative estimate of drug-likeness (QED) is 0.658. The van der Waals surface area contributed by atoms with Crippen molar-refractivity contribution in [1.29, 1.82) is 0 Å². The second kappa shape index (κ2) is 3.69. The zero-order valence-electron chi connectivity index (χ0n) is 4.42. The summed E-state index contributed by atoms with van der Waals surface area (Å²) in [7, 11) is 1.88. The molecule has 1 rings (SSSR count). The molecule has 0 radical (unpaired) electrons. The Kier molecular flexibility index (Phi) is 3.56. The van der Waals surface area contributed by atoms with Crippen LogP contribution in [-0.4, -0.2) is 12.0 Å². The molecule has 0 aromatic carbocycles. The summed E-state index contributed by atoms with van der Waals surface area (Å²) >= 11 is 1.60. The van der Waals surface area contributed by atoms with Crippen LogP contribution in [0.4, 0.5) is 5.00 Å². The van der Waals surface area contributed by atoms with Crippen molar-refractivity contribution >= 4 is 28.7 Å². The van der Waals surface area contributed by atoms with Crippen molar-refractivity contribution in [2.45, 2.75) is 0 Å². The molecule has 0 aliphatic rings. The van der Waals surface area contributed by atoms with Crippen LogP contribution in [0.15, 0.2) is 11.7 Å². The Morgan fingerprint density at radius 1 is 1.75 bits per heavy atom. The Balaban J connectivity index is 0.000000490. The molecule has 1 heterocycles. The third kappa shape index (κ3) is 1.68. The zero-order valence-corrected chi connectivity index (χ0v) is 6.05. The summed E-state index contributed by atoms with van der Waals surface area (Å²) in [5.41, 5.74) is 1.80. The number of thiazole rings is 1. The van der Waals surface area contributed by atoms with Crippen LogP contribution in [0.3, 0.4) is 0 Å². The van der Waals surface area contributed by atoms with Gasteiger partial charge in [0.2, 0.25) is 0 Å². The van der Waals surface area contributed by atoms with E-state index in [4.69, 9.17) is 0 Å². The molecule has 4 heteroatoms. The monoisotopic (exact) mass is 150 g/mol. The predicted molar refractivity (Wildman–Crippen MR) is 38.9 cm³/mol. The highest BCUT2D eigenvalue weighted by atomic mass is 35.5. The molecular weight excluding hydrogens is 144 g/mol. The van der Waals surface area contributed by atoms with Gasteiger partial charge in [-0.25, -0.2) is 0 Å². The normalized spacial score (nSPS) is 7.62. The van der Waals surface area contributed by atoms with Crippen LogP contribution in [0.2, 0.25) is 0 Å². The number of anilines is 1. The van der Waals surface area contributed by atoms with Crippen molar-refractivity contribution in [1.82, 2.24) is 4.98 Å². The summed E-state index contributed by atoms with van der Waals surface area (Å²) in [5, 5.41) is 4.07. The summed E-state index contributed by atoms with van der Waals surface area (Å²) in [4.78, 5) is 3.85. The van der Waals surface area contributed by atoms with E-state index in [9.17, 15) is 0 Å². The smallest absolute Gasteiger partial charge is 0.108 e. The van der Waals surface area contributed by atoms with Crippen LogP contribution >= 0.6 is 23.7 Å². The van der Waals surface area contributed by atoms with Crippen LogP contribution in [0, 0.1) is 0 Å². The third-order valence-electron chi connectivity index (χ3n) is 0.679. The van der Waals surface area contributed by atoms with Gasteiger partial charge >= 0.3 is 0 Å². The van der Waals surface area contributed by atoms with E-state index in [-0.39, 0.29) is 12.4 Å². The van der Waals surface area contributed by atoms with Gasteiger partial charge < -0.3 is 5.32 Å². The number of hydrogen-bond acceptors (Lipinski definition) is 3. The van der Waals surface area contributed by atoms with Crippen molar-refractivity contribution in [2.24, 2.45) is 0 Å². The molecule has 0 atom stereocenters. The van der Waals surface area contributed by atoms with Crippen molar-refractivity contribution < 1.29 is 0 Å². The molecule has 1 aromatic rings. The first-order chi connectivity index (χ1) is 3.43. The predicted octanol–water partition coefficient (Wildman–Crippen LogP) is 1.61. The van der Waals surface area contributed by atoms with E-state index in [1.54, 1.807) is 23.0 Å². The maximum atomic E-state index is 3.85. The van der Waals surface area contributed by atoms with E-state index >= 15 is 0 Å². The van der Waals surface area contributed by atoms with E-state index in [0.717, 1.165) is 5.00 Å². The fraction of sp³-hybridized carbons (Fsp3) is 0.250. The van der Waals surface area contributed by atoms with Gasteiger partial charge in [0.05, 0.1) is 11.7 Å². The SMILES string of the molecule is CNc1cncs1.Cl. The standard InChI is InChI=1S/C4H6N2S.ClH/c1-5-4-2-6-3-7-4;/h2-3,5H,1H3;1H. The Labute approximate surface area is 58.4 Å². The van der Waals surface area contributed by atoms with E-state index in [2.05, 4.69) is 10.3 Å². The van der Waals surface area contributed by atoms with E-state index in [0.29, 0.717) is 0 Å². The molecule has 0 aliphatic carbocycles. The second-order valence-electron chi connectivity index (χ2n) is 1.12. The first-order valence-electron chi connectivity index (χ1n) is 1.99. The zero-order chi connectivity index (χ0) is 5.11. The highest BCUT2D eigenvalue weighted by molar-refractivity contribution is 7.13. The molecule has 0 saturated heterocycles. The van der Waals surface area contributed by atoms with Gasteiger partial charge in [-0.2, -0.15) is 0 Å². The van der Waals surface area contributed by atoms with Gasteiger partial charge in [0.25, 0.3) is 0 Å². The first kappa shape index (κ1) is 7.72. The van der Waals surface area contributed by atoms with Crippen molar-refractivity contribution in [2.75, 3.05) is 12.4 Å². The summed E-state index contributed by atoms with van der Waals surface area (Å²) in [6.45, 7) is 0. The molecule has 0 aliphatic heterocycles. The second-order valence-corrected chi connectivity index (χ2v) is 2.00. The summed E-state index contributed by atoms with van der Waals surface area (Å²) in [5.74, 6) is 0. The molecule has 0 bridgehead atoms. The molecular formula is C4H7ClN2S. The Morgan fingerprint density at radius 3 is 2.75 bits per heavy atom. The molecule has 0 saturated carbocycles. The van der Waals surface area contributed by atoms with Gasteiger partial charge in [-0.3, -0.25) is 4.98 Å². The molecule has 2 nitrogen and oxygen atoms in total. The maximum absolute atomic E-state index is 3.85. The molecule has 0 spiro atoms.